The number of hydrogen-bond acceptors (Lipinski definition) is 5. The first kappa shape index (κ1) is 13.9. The first-order chi connectivity index (χ1) is 9.47. The van der Waals surface area contributed by atoms with E-state index in [0.717, 1.165) is 6.07 Å². The van der Waals surface area contributed by atoms with Gasteiger partial charge >= 0.3 is 5.97 Å². The van der Waals surface area contributed by atoms with Crippen LogP contribution in [-0.2, 0) is 6.54 Å². The molecule has 0 aliphatic rings. The van der Waals surface area contributed by atoms with Gasteiger partial charge < -0.3 is 16.2 Å². The van der Waals surface area contributed by atoms with Crippen molar-refractivity contribution in [3.05, 3.63) is 45.7 Å². The minimum atomic E-state index is -1.10. The lowest BCUT2D eigenvalue weighted by Crippen LogP contribution is -2.14. The molecule has 0 radical (unpaired) electrons. The highest BCUT2D eigenvalue weighted by Gasteiger charge is 2.11. The summed E-state index contributed by atoms with van der Waals surface area (Å²) in [5, 5.41) is 13.6. The molecule has 0 saturated heterocycles. The van der Waals surface area contributed by atoms with E-state index in [1.807, 2.05) is 0 Å². The van der Waals surface area contributed by atoms with Gasteiger partial charge in [0.05, 0.1) is 12.1 Å². The largest absolute Gasteiger partial charge is 0.476 e. The van der Waals surface area contributed by atoms with Gasteiger partial charge in [-0.2, -0.15) is 0 Å². The van der Waals surface area contributed by atoms with Crippen LogP contribution in [-0.4, -0.2) is 22.0 Å². The lowest BCUT2D eigenvalue weighted by atomic mass is 10.1. The van der Waals surface area contributed by atoms with Crippen molar-refractivity contribution in [2.75, 3.05) is 5.32 Å². The second-order valence-electron chi connectivity index (χ2n) is 3.84. The van der Waals surface area contributed by atoms with Gasteiger partial charge in [0.1, 0.15) is 10.8 Å². The zero-order valence-corrected chi connectivity index (χ0v) is 10.9. The Morgan fingerprint density at radius 3 is 2.80 bits per heavy atom. The van der Waals surface area contributed by atoms with Crippen LogP contribution in [0.15, 0.2) is 23.6 Å². The maximum Gasteiger partial charge on any atom is 0.355 e. The Hall–Kier alpha value is -2.48. The maximum atomic E-state index is 13.1. The number of carboxylic acids is 1. The van der Waals surface area contributed by atoms with Crippen LogP contribution in [0, 0.1) is 5.82 Å². The second kappa shape index (κ2) is 5.66. The SMILES string of the molecule is NC(=O)c1cc(F)ccc1NCc1nc(C(=O)O)cs1. The van der Waals surface area contributed by atoms with Crippen molar-refractivity contribution in [2.45, 2.75) is 6.54 Å². The molecule has 0 spiro atoms. The van der Waals surface area contributed by atoms with Crippen LogP contribution in [0.5, 0.6) is 0 Å². The van der Waals surface area contributed by atoms with Crippen molar-refractivity contribution in [1.29, 1.82) is 0 Å². The van der Waals surface area contributed by atoms with Gasteiger partial charge in [-0.15, -0.1) is 11.3 Å². The summed E-state index contributed by atoms with van der Waals surface area (Å²) in [6, 6.07) is 3.62. The first-order valence-electron chi connectivity index (χ1n) is 5.48. The Morgan fingerprint density at radius 2 is 2.20 bits per heavy atom. The Kier molecular flexibility index (Phi) is 3.94. The number of hydrogen-bond donors (Lipinski definition) is 3. The fourth-order valence-corrected chi connectivity index (χ4v) is 2.24. The lowest BCUT2D eigenvalue weighted by molar-refractivity contribution is 0.0691. The molecular weight excluding hydrogens is 285 g/mol. The van der Waals surface area contributed by atoms with Crippen LogP contribution in [0.2, 0.25) is 0 Å². The van der Waals surface area contributed by atoms with E-state index in [1.54, 1.807) is 0 Å². The number of carboxylic acid groups (broad SMARTS) is 1. The van der Waals surface area contributed by atoms with Gasteiger partial charge in [-0.05, 0) is 18.2 Å². The molecule has 1 aromatic carbocycles. The number of nitrogens with two attached hydrogens (primary N) is 1. The number of nitrogens with zero attached hydrogens (tertiary/aromatic N) is 1. The lowest BCUT2D eigenvalue weighted by Gasteiger charge is -2.08. The number of thiazole rings is 1. The van der Waals surface area contributed by atoms with Gasteiger partial charge in [0, 0.05) is 11.1 Å². The zero-order valence-electron chi connectivity index (χ0n) is 10.1. The minimum absolute atomic E-state index is 0.0278. The number of amides is 1. The number of anilines is 1. The van der Waals surface area contributed by atoms with Gasteiger partial charge in [-0.1, -0.05) is 0 Å². The van der Waals surface area contributed by atoms with Gasteiger partial charge in [0.25, 0.3) is 5.91 Å². The number of rotatable bonds is 5. The van der Waals surface area contributed by atoms with Gasteiger partial charge in [-0.3, -0.25) is 4.79 Å². The highest BCUT2D eigenvalue weighted by atomic mass is 32.1. The number of aromatic carboxylic acids is 1. The Labute approximate surface area is 117 Å². The van der Waals surface area contributed by atoms with Gasteiger partial charge in [0.2, 0.25) is 0 Å². The third kappa shape index (κ3) is 3.09. The molecule has 2 aromatic rings. The molecular formula is C12H10FN3O3S. The fourth-order valence-electron chi connectivity index (χ4n) is 1.54. The average molecular weight is 295 g/mol. The predicted octanol–water partition coefficient (Wildman–Crippen LogP) is 1.69. The number of primary amides is 1. The van der Waals surface area contributed by atoms with E-state index in [4.69, 9.17) is 10.8 Å². The Bertz CT molecular complexity index is 672. The maximum absolute atomic E-state index is 13.1. The van der Waals surface area contributed by atoms with Gasteiger partial charge in [-0.25, -0.2) is 14.2 Å². The number of halogens is 1. The van der Waals surface area contributed by atoms with Crippen molar-refractivity contribution >= 4 is 28.9 Å². The van der Waals surface area contributed by atoms with Crippen molar-refractivity contribution in [2.24, 2.45) is 5.73 Å². The monoisotopic (exact) mass is 295 g/mol. The summed E-state index contributed by atoms with van der Waals surface area (Å²) in [7, 11) is 0. The molecule has 6 nitrogen and oxygen atoms in total. The van der Waals surface area contributed by atoms with Crippen LogP contribution in [0.3, 0.4) is 0 Å². The highest BCUT2D eigenvalue weighted by molar-refractivity contribution is 7.09. The number of nitrogens with one attached hydrogen (secondary N) is 1. The van der Waals surface area contributed by atoms with Crippen LogP contribution in [0.25, 0.3) is 0 Å². The van der Waals surface area contributed by atoms with Crippen molar-refractivity contribution < 1.29 is 19.1 Å². The summed E-state index contributed by atoms with van der Waals surface area (Å²) in [5.74, 6) is -2.42. The van der Waals surface area contributed by atoms with Crippen LogP contribution in [0.4, 0.5) is 10.1 Å². The average Bonchev–Trinajstić information content (AvgIpc) is 2.86. The molecule has 4 N–H and O–H groups in total. The minimum Gasteiger partial charge on any atom is -0.476 e. The quantitative estimate of drug-likeness (QED) is 0.778. The summed E-state index contributed by atoms with van der Waals surface area (Å²) >= 11 is 1.17. The highest BCUT2D eigenvalue weighted by Crippen LogP contribution is 2.18. The third-order valence-electron chi connectivity index (χ3n) is 2.45. The second-order valence-corrected chi connectivity index (χ2v) is 4.78. The Morgan fingerprint density at radius 1 is 1.45 bits per heavy atom. The van der Waals surface area contributed by atoms with E-state index in [-0.39, 0.29) is 17.8 Å². The summed E-state index contributed by atoms with van der Waals surface area (Å²) < 4.78 is 13.1. The number of benzene rings is 1. The van der Waals surface area contributed by atoms with E-state index >= 15 is 0 Å². The smallest absolute Gasteiger partial charge is 0.355 e. The normalized spacial score (nSPS) is 10.2. The molecule has 1 heterocycles. The predicted molar refractivity (Wildman–Crippen MR) is 71.3 cm³/mol. The van der Waals surface area contributed by atoms with Crippen molar-refractivity contribution in [3.8, 4) is 0 Å². The molecule has 0 unspecified atom stereocenters. The molecule has 0 atom stereocenters. The number of aromatic nitrogens is 1. The van der Waals surface area contributed by atoms with E-state index in [2.05, 4.69) is 10.3 Å². The molecule has 1 amide bonds. The van der Waals surface area contributed by atoms with Crippen LogP contribution >= 0.6 is 11.3 Å². The fraction of sp³-hybridized carbons (Fsp3) is 0.0833. The molecule has 0 saturated carbocycles. The van der Waals surface area contributed by atoms with E-state index in [0.29, 0.717) is 10.7 Å². The van der Waals surface area contributed by atoms with Gasteiger partial charge in [0.15, 0.2) is 5.69 Å². The first-order valence-corrected chi connectivity index (χ1v) is 6.36. The van der Waals surface area contributed by atoms with Crippen molar-refractivity contribution in [1.82, 2.24) is 4.98 Å². The molecule has 0 bridgehead atoms. The number of carbonyl (C=O) groups excluding carboxylic acids is 1. The molecule has 8 heteroatoms. The zero-order chi connectivity index (χ0) is 14.7. The summed E-state index contributed by atoms with van der Waals surface area (Å²) in [4.78, 5) is 25.8. The molecule has 104 valence electrons. The number of carbonyl (C=O) groups is 2. The summed E-state index contributed by atoms with van der Waals surface area (Å²) in [6.07, 6.45) is 0. The molecule has 0 aliphatic heterocycles. The molecule has 20 heavy (non-hydrogen) atoms. The summed E-state index contributed by atoms with van der Waals surface area (Å²) in [6.45, 7) is 0.212. The topological polar surface area (TPSA) is 105 Å². The summed E-state index contributed by atoms with van der Waals surface area (Å²) in [5.41, 5.74) is 5.51. The Balaban J connectivity index is 2.14. The van der Waals surface area contributed by atoms with Crippen molar-refractivity contribution in [3.63, 3.8) is 0 Å². The van der Waals surface area contributed by atoms with E-state index in [1.165, 1.54) is 28.8 Å². The van der Waals surface area contributed by atoms with E-state index < -0.39 is 17.7 Å². The third-order valence-corrected chi connectivity index (χ3v) is 3.30. The molecule has 0 aliphatic carbocycles. The molecule has 1 aromatic heterocycles. The van der Waals surface area contributed by atoms with Crippen LogP contribution < -0.4 is 11.1 Å². The molecule has 0 fully saturated rings. The van der Waals surface area contributed by atoms with Crippen LogP contribution in [0.1, 0.15) is 25.9 Å². The van der Waals surface area contributed by atoms with E-state index in [9.17, 15) is 14.0 Å². The standard InChI is InChI=1S/C12H10FN3O3S/c13-6-1-2-8(7(3-6)11(14)17)15-4-10-16-9(5-20-10)12(18)19/h1-3,5,15H,4H2,(H2,14,17)(H,18,19). The molecule has 2 rings (SSSR count).